The number of anilines is 1. The van der Waals surface area contributed by atoms with Crippen molar-refractivity contribution in [1.82, 2.24) is 0 Å². The Morgan fingerprint density at radius 2 is 2.30 bits per heavy atom. The summed E-state index contributed by atoms with van der Waals surface area (Å²) in [5.74, 6) is 0.802. The number of halogens is 2. The molecule has 1 aromatic heterocycles. The lowest BCUT2D eigenvalue weighted by Gasteiger charge is -2.12. The van der Waals surface area contributed by atoms with E-state index in [9.17, 15) is 9.18 Å². The van der Waals surface area contributed by atoms with Crippen LogP contribution in [-0.2, 0) is 10.5 Å². The van der Waals surface area contributed by atoms with Crippen LogP contribution in [0.1, 0.15) is 12.7 Å². The topological polar surface area (TPSA) is 42.2 Å². The molecule has 0 bridgehead atoms. The van der Waals surface area contributed by atoms with Crippen molar-refractivity contribution in [3.05, 3.63) is 53.2 Å². The van der Waals surface area contributed by atoms with Crippen LogP contribution in [0.2, 0.25) is 5.02 Å². The number of nitrogens with one attached hydrogen (secondary N) is 1. The molecule has 0 saturated carbocycles. The molecule has 0 spiro atoms. The van der Waals surface area contributed by atoms with Gasteiger partial charge in [0.1, 0.15) is 11.6 Å². The number of amides is 1. The average molecular weight is 314 g/mol. The fraction of sp³-hybridized carbons (Fsp3) is 0.214. The number of hydrogen-bond donors (Lipinski definition) is 1. The molecule has 0 aliphatic rings. The number of carbonyl (C=O) groups excluding carboxylic acids is 1. The van der Waals surface area contributed by atoms with Crippen LogP contribution in [0.3, 0.4) is 0 Å². The molecule has 6 heteroatoms. The summed E-state index contributed by atoms with van der Waals surface area (Å²) in [5, 5.41) is 2.58. The second kappa shape index (κ2) is 6.81. The van der Waals surface area contributed by atoms with Crippen molar-refractivity contribution < 1.29 is 13.6 Å². The van der Waals surface area contributed by atoms with Crippen molar-refractivity contribution >= 4 is 35.0 Å². The maximum atomic E-state index is 12.9. The van der Waals surface area contributed by atoms with E-state index < -0.39 is 5.82 Å². The molecule has 0 fully saturated rings. The smallest absolute Gasteiger partial charge is 0.237 e. The maximum Gasteiger partial charge on any atom is 0.237 e. The molecule has 3 nitrogen and oxygen atoms in total. The molecule has 0 unspecified atom stereocenters. The van der Waals surface area contributed by atoms with E-state index in [1.165, 1.54) is 23.9 Å². The SMILES string of the molecule is C[C@H](SCc1ccco1)C(=O)Nc1ccc(F)cc1Cl. The van der Waals surface area contributed by atoms with Crippen LogP contribution in [0, 0.1) is 5.82 Å². The van der Waals surface area contributed by atoms with Crippen LogP contribution in [0.5, 0.6) is 0 Å². The van der Waals surface area contributed by atoms with Gasteiger partial charge < -0.3 is 9.73 Å². The standard InChI is InChI=1S/C14H13ClFNO2S/c1-9(20-8-11-3-2-6-19-11)14(18)17-13-5-4-10(16)7-12(13)15/h2-7,9H,8H2,1H3,(H,17,18)/t9-/m0/s1. The van der Waals surface area contributed by atoms with Gasteiger partial charge >= 0.3 is 0 Å². The first-order valence-corrected chi connectivity index (χ1v) is 7.39. The van der Waals surface area contributed by atoms with Crippen LogP contribution in [0.4, 0.5) is 10.1 Å². The minimum atomic E-state index is -0.437. The Labute approximate surface area is 125 Å². The molecule has 0 aliphatic carbocycles. The number of benzene rings is 1. The summed E-state index contributed by atoms with van der Waals surface area (Å²) in [6, 6.07) is 7.52. The molecule has 0 saturated heterocycles. The first-order valence-electron chi connectivity index (χ1n) is 5.96. The van der Waals surface area contributed by atoms with Crippen LogP contribution in [0.25, 0.3) is 0 Å². The largest absolute Gasteiger partial charge is 0.468 e. The molecule has 0 aliphatic heterocycles. The highest BCUT2D eigenvalue weighted by Gasteiger charge is 2.15. The van der Waals surface area contributed by atoms with Crippen molar-refractivity contribution in [2.45, 2.75) is 17.9 Å². The summed E-state index contributed by atoms with van der Waals surface area (Å²) in [7, 11) is 0. The normalized spacial score (nSPS) is 12.2. The Hall–Kier alpha value is -1.46. The Balaban J connectivity index is 1.90. The molecule has 1 atom stereocenters. The zero-order valence-corrected chi connectivity index (χ0v) is 12.3. The van der Waals surface area contributed by atoms with E-state index >= 15 is 0 Å². The molecular weight excluding hydrogens is 301 g/mol. The number of carbonyl (C=O) groups is 1. The summed E-state index contributed by atoms with van der Waals surface area (Å²) in [6.07, 6.45) is 1.60. The Bertz CT molecular complexity index is 589. The predicted molar refractivity (Wildman–Crippen MR) is 79.5 cm³/mol. The third kappa shape index (κ3) is 4.02. The molecule has 2 rings (SSSR count). The quantitative estimate of drug-likeness (QED) is 0.893. The van der Waals surface area contributed by atoms with Gasteiger partial charge in [-0.1, -0.05) is 11.6 Å². The Morgan fingerprint density at radius 1 is 1.50 bits per heavy atom. The fourth-order valence-electron chi connectivity index (χ4n) is 1.50. The van der Waals surface area contributed by atoms with Crippen LogP contribution < -0.4 is 5.32 Å². The average Bonchev–Trinajstić information content (AvgIpc) is 2.92. The molecule has 1 aromatic carbocycles. The lowest BCUT2D eigenvalue weighted by Crippen LogP contribution is -2.22. The predicted octanol–water partition coefficient (Wildman–Crippen LogP) is 4.33. The van der Waals surface area contributed by atoms with Gasteiger partial charge in [-0.3, -0.25) is 4.79 Å². The summed E-state index contributed by atoms with van der Waals surface area (Å²) in [4.78, 5) is 12.0. The Morgan fingerprint density at radius 3 is 2.95 bits per heavy atom. The highest BCUT2D eigenvalue weighted by atomic mass is 35.5. The van der Waals surface area contributed by atoms with Gasteiger partial charge in [0.05, 0.1) is 28.0 Å². The molecule has 0 radical (unpaired) electrons. The maximum absolute atomic E-state index is 12.9. The molecule has 20 heavy (non-hydrogen) atoms. The van der Waals surface area contributed by atoms with E-state index in [4.69, 9.17) is 16.0 Å². The minimum absolute atomic E-state index is 0.182. The monoisotopic (exact) mass is 313 g/mol. The van der Waals surface area contributed by atoms with Gasteiger partial charge in [0, 0.05) is 0 Å². The Kier molecular flexibility index (Phi) is 5.09. The van der Waals surface area contributed by atoms with Gasteiger partial charge in [0.25, 0.3) is 0 Å². The van der Waals surface area contributed by atoms with Crippen molar-refractivity contribution in [3.63, 3.8) is 0 Å². The van der Waals surface area contributed by atoms with Crippen molar-refractivity contribution in [3.8, 4) is 0 Å². The van der Waals surface area contributed by atoms with Crippen molar-refractivity contribution in [1.29, 1.82) is 0 Å². The lowest BCUT2D eigenvalue weighted by atomic mass is 10.3. The number of thioether (sulfide) groups is 1. The van der Waals surface area contributed by atoms with E-state index in [0.717, 1.165) is 11.8 Å². The molecule has 1 heterocycles. The van der Waals surface area contributed by atoms with Crippen molar-refractivity contribution in [2.24, 2.45) is 0 Å². The van der Waals surface area contributed by atoms with Crippen LogP contribution in [-0.4, -0.2) is 11.2 Å². The second-order valence-electron chi connectivity index (χ2n) is 4.15. The van der Waals surface area contributed by atoms with E-state index in [2.05, 4.69) is 5.32 Å². The van der Waals surface area contributed by atoms with Gasteiger partial charge in [-0.05, 0) is 37.3 Å². The van der Waals surface area contributed by atoms with Crippen LogP contribution in [0.15, 0.2) is 41.0 Å². The third-order valence-corrected chi connectivity index (χ3v) is 4.09. The summed E-state index contributed by atoms with van der Waals surface area (Å²) in [6.45, 7) is 1.79. The van der Waals surface area contributed by atoms with E-state index in [1.807, 2.05) is 6.07 Å². The molecule has 1 N–H and O–H groups in total. The number of hydrogen-bond acceptors (Lipinski definition) is 3. The highest BCUT2D eigenvalue weighted by molar-refractivity contribution is 7.99. The second-order valence-corrected chi connectivity index (χ2v) is 5.88. The first-order chi connectivity index (χ1) is 9.56. The lowest BCUT2D eigenvalue weighted by molar-refractivity contribution is -0.115. The first kappa shape index (κ1) is 14.9. The zero-order chi connectivity index (χ0) is 14.5. The van der Waals surface area contributed by atoms with Gasteiger partial charge in [-0.2, -0.15) is 0 Å². The molecular formula is C14H13ClFNO2S. The molecule has 1 amide bonds. The summed E-state index contributed by atoms with van der Waals surface area (Å²) < 4.78 is 18.1. The zero-order valence-electron chi connectivity index (χ0n) is 10.7. The van der Waals surface area contributed by atoms with E-state index in [0.29, 0.717) is 11.4 Å². The molecule has 106 valence electrons. The van der Waals surface area contributed by atoms with E-state index in [1.54, 1.807) is 19.3 Å². The van der Waals surface area contributed by atoms with E-state index in [-0.39, 0.29) is 16.2 Å². The third-order valence-electron chi connectivity index (χ3n) is 2.61. The van der Waals surface area contributed by atoms with Crippen LogP contribution >= 0.6 is 23.4 Å². The van der Waals surface area contributed by atoms with Gasteiger partial charge in [0.2, 0.25) is 5.91 Å². The number of furan rings is 1. The summed E-state index contributed by atoms with van der Waals surface area (Å²) >= 11 is 7.31. The van der Waals surface area contributed by atoms with Crippen molar-refractivity contribution in [2.75, 3.05) is 5.32 Å². The van der Waals surface area contributed by atoms with Gasteiger partial charge in [-0.15, -0.1) is 11.8 Å². The summed E-state index contributed by atoms with van der Waals surface area (Å²) in [5.41, 5.74) is 0.406. The van der Waals surface area contributed by atoms with Gasteiger partial charge in [-0.25, -0.2) is 4.39 Å². The van der Waals surface area contributed by atoms with Gasteiger partial charge in [0.15, 0.2) is 0 Å². The number of rotatable bonds is 5. The minimum Gasteiger partial charge on any atom is -0.468 e. The fourth-order valence-corrected chi connectivity index (χ4v) is 2.51. The molecule has 2 aromatic rings. The highest BCUT2D eigenvalue weighted by Crippen LogP contribution is 2.24.